The summed E-state index contributed by atoms with van der Waals surface area (Å²) in [5.41, 5.74) is 2.51. The second-order valence-corrected chi connectivity index (χ2v) is 6.54. The zero-order valence-electron chi connectivity index (χ0n) is 13.5. The molecule has 3 aromatic rings. The number of benzene rings is 1. The molecule has 6 heteroatoms. The quantitative estimate of drug-likeness (QED) is 0.687. The van der Waals surface area contributed by atoms with Crippen molar-refractivity contribution in [3.63, 3.8) is 0 Å². The van der Waals surface area contributed by atoms with Crippen LogP contribution in [0.15, 0.2) is 29.6 Å². The first-order valence-corrected chi connectivity index (χ1v) is 8.33. The summed E-state index contributed by atoms with van der Waals surface area (Å²) in [6, 6.07) is 7.11. The highest BCUT2D eigenvalue weighted by Gasteiger charge is 2.27. The molecule has 2 aromatic heterocycles. The van der Waals surface area contributed by atoms with Crippen LogP contribution in [0.2, 0.25) is 0 Å². The van der Waals surface area contributed by atoms with Crippen LogP contribution in [0.3, 0.4) is 0 Å². The van der Waals surface area contributed by atoms with Crippen molar-refractivity contribution in [1.82, 2.24) is 4.98 Å². The van der Waals surface area contributed by atoms with Gasteiger partial charge in [-0.2, -0.15) is 0 Å². The normalized spacial score (nSPS) is 12.3. The number of ether oxygens (including phenoxy) is 1. The number of aryl methyl sites for hydroxylation is 1. The number of carbonyl (C=O) groups is 2. The van der Waals surface area contributed by atoms with Gasteiger partial charge in [0.05, 0.1) is 23.5 Å². The average Bonchev–Trinajstić information content (AvgIpc) is 3.19. The Bertz CT molecular complexity index is 924. The van der Waals surface area contributed by atoms with Gasteiger partial charge in [0.2, 0.25) is 5.78 Å². The predicted molar refractivity (Wildman–Crippen MR) is 93.4 cm³/mol. The van der Waals surface area contributed by atoms with Crippen LogP contribution in [0.1, 0.15) is 39.3 Å². The molecule has 1 unspecified atom stereocenters. The van der Waals surface area contributed by atoms with Crippen molar-refractivity contribution in [2.45, 2.75) is 19.8 Å². The van der Waals surface area contributed by atoms with Crippen LogP contribution < -0.4 is 4.74 Å². The van der Waals surface area contributed by atoms with Crippen LogP contribution in [-0.4, -0.2) is 29.0 Å². The van der Waals surface area contributed by atoms with Crippen LogP contribution in [-0.2, 0) is 4.79 Å². The number of H-pyrrole nitrogens is 1. The van der Waals surface area contributed by atoms with Gasteiger partial charge in [0.25, 0.3) is 0 Å². The fourth-order valence-electron chi connectivity index (χ4n) is 3.02. The van der Waals surface area contributed by atoms with Gasteiger partial charge >= 0.3 is 5.97 Å². The number of methoxy groups -OCH3 is 1. The van der Waals surface area contributed by atoms with Gasteiger partial charge in [-0.15, -0.1) is 11.3 Å². The van der Waals surface area contributed by atoms with E-state index < -0.39 is 11.9 Å². The summed E-state index contributed by atoms with van der Waals surface area (Å²) in [5, 5.41) is 11.9. The maximum Gasteiger partial charge on any atom is 0.310 e. The number of aromatic amines is 1. The first kappa shape index (κ1) is 16.3. The monoisotopic (exact) mass is 343 g/mol. The van der Waals surface area contributed by atoms with E-state index >= 15 is 0 Å². The van der Waals surface area contributed by atoms with E-state index in [0.717, 1.165) is 11.2 Å². The highest BCUT2D eigenvalue weighted by atomic mass is 32.1. The molecule has 5 nitrogen and oxygen atoms in total. The largest absolute Gasteiger partial charge is 0.496 e. The van der Waals surface area contributed by atoms with E-state index in [-0.39, 0.29) is 5.78 Å². The van der Waals surface area contributed by atoms with Crippen LogP contribution in [0, 0.1) is 6.92 Å². The maximum atomic E-state index is 13.0. The molecule has 1 atom stereocenters. The molecule has 0 amide bonds. The van der Waals surface area contributed by atoms with Crippen molar-refractivity contribution in [3.8, 4) is 5.75 Å². The summed E-state index contributed by atoms with van der Waals surface area (Å²) in [6.45, 7) is 3.44. The molecule has 2 heterocycles. The van der Waals surface area contributed by atoms with Crippen molar-refractivity contribution in [2.24, 2.45) is 0 Å². The molecule has 0 aliphatic carbocycles. The molecule has 0 fully saturated rings. The number of carbonyl (C=O) groups excluding carboxylic acids is 1. The number of aliphatic carboxylic acids is 1. The number of carboxylic acids is 1. The number of ketones is 1. The van der Waals surface area contributed by atoms with Gasteiger partial charge in [0, 0.05) is 16.6 Å². The molecule has 0 bridgehead atoms. The Balaban J connectivity index is 2.37. The van der Waals surface area contributed by atoms with Crippen molar-refractivity contribution < 1.29 is 19.4 Å². The summed E-state index contributed by atoms with van der Waals surface area (Å²) in [4.78, 5) is 28.3. The molecule has 0 saturated carbocycles. The smallest absolute Gasteiger partial charge is 0.310 e. The summed E-state index contributed by atoms with van der Waals surface area (Å²) in [6.07, 6.45) is 0. The minimum absolute atomic E-state index is 0.162. The Hall–Kier alpha value is -2.60. The minimum atomic E-state index is -0.934. The topological polar surface area (TPSA) is 79.4 Å². The Morgan fingerprint density at radius 2 is 2.04 bits per heavy atom. The summed E-state index contributed by atoms with van der Waals surface area (Å²) < 4.78 is 5.40. The zero-order valence-corrected chi connectivity index (χ0v) is 14.4. The van der Waals surface area contributed by atoms with Gasteiger partial charge in [0.1, 0.15) is 5.75 Å². The lowest BCUT2D eigenvalue weighted by Crippen LogP contribution is -2.10. The maximum absolute atomic E-state index is 13.0. The van der Waals surface area contributed by atoms with Crippen molar-refractivity contribution >= 4 is 34.0 Å². The van der Waals surface area contributed by atoms with Gasteiger partial charge in [-0.05, 0) is 43.0 Å². The van der Waals surface area contributed by atoms with E-state index in [1.807, 2.05) is 24.4 Å². The molecule has 0 aliphatic heterocycles. The molecular weight excluding hydrogens is 326 g/mol. The SMILES string of the molecule is COc1ccc2[nH]c(C)c(C(C)C(=O)O)c2c1C(=O)c1cccs1. The zero-order chi connectivity index (χ0) is 17.4. The van der Waals surface area contributed by atoms with E-state index in [4.69, 9.17) is 4.74 Å². The van der Waals surface area contributed by atoms with Crippen molar-refractivity contribution in [1.29, 1.82) is 0 Å². The van der Waals surface area contributed by atoms with E-state index in [1.54, 1.807) is 19.1 Å². The highest BCUT2D eigenvalue weighted by molar-refractivity contribution is 7.12. The van der Waals surface area contributed by atoms with E-state index in [0.29, 0.717) is 27.1 Å². The summed E-state index contributed by atoms with van der Waals surface area (Å²) in [5.74, 6) is -1.39. The number of fused-ring (bicyclic) bond motifs is 1. The van der Waals surface area contributed by atoms with Crippen LogP contribution >= 0.6 is 11.3 Å². The Labute approximate surface area is 142 Å². The van der Waals surface area contributed by atoms with Gasteiger partial charge < -0.3 is 14.8 Å². The number of rotatable bonds is 5. The molecule has 0 radical (unpaired) electrons. The number of carboxylic acid groups (broad SMARTS) is 1. The molecule has 1 aromatic carbocycles. The second-order valence-electron chi connectivity index (χ2n) is 5.60. The van der Waals surface area contributed by atoms with Gasteiger partial charge in [0.15, 0.2) is 0 Å². The third-order valence-corrected chi connectivity index (χ3v) is 5.03. The van der Waals surface area contributed by atoms with Gasteiger partial charge in [-0.1, -0.05) is 6.07 Å². The summed E-state index contributed by atoms with van der Waals surface area (Å²) >= 11 is 1.35. The van der Waals surface area contributed by atoms with Crippen LogP contribution in [0.25, 0.3) is 10.9 Å². The van der Waals surface area contributed by atoms with Crippen LogP contribution in [0.5, 0.6) is 5.75 Å². The fourth-order valence-corrected chi connectivity index (χ4v) is 3.69. The Morgan fingerprint density at radius 3 is 2.62 bits per heavy atom. The molecule has 3 rings (SSSR count). The lowest BCUT2D eigenvalue weighted by molar-refractivity contribution is -0.138. The standard InChI is InChI=1S/C18H17NO4S/c1-9(18(21)22)14-10(2)19-11-6-7-12(23-3)16(15(11)14)17(20)13-5-4-8-24-13/h4-9,19H,1-3H3,(H,21,22). The van der Waals surface area contributed by atoms with Crippen LogP contribution in [0.4, 0.5) is 0 Å². The lowest BCUT2D eigenvalue weighted by Gasteiger charge is -2.12. The number of hydrogen-bond acceptors (Lipinski definition) is 4. The third kappa shape index (κ3) is 2.49. The van der Waals surface area contributed by atoms with E-state index in [9.17, 15) is 14.7 Å². The number of nitrogens with one attached hydrogen (secondary N) is 1. The number of aromatic nitrogens is 1. The van der Waals surface area contributed by atoms with Crippen molar-refractivity contribution in [3.05, 3.63) is 51.3 Å². The highest BCUT2D eigenvalue weighted by Crippen LogP contribution is 2.37. The number of thiophene rings is 1. The van der Waals surface area contributed by atoms with E-state index in [2.05, 4.69) is 4.98 Å². The van der Waals surface area contributed by atoms with Crippen molar-refractivity contribution in [2.75, 3.05) is 7.11 Å². The molecule has 0 aliphatic rings. The molecule has 2 N–H and O–H groups in total. The molecule has 0 saturated heterocycles. The molecule has 24 heavy (non-hydrogen) atoms. The summed E-state index contributed by atoms with van der Waals surface area (Å²) in [7, 11) is 1.51. The molecular formula is C18H17NO4S. The predicted octanol–water partition coefficient (Wildman–Crippen LogP) is 3.97. The lowest BCUT2D eigenvalue weighted by atomic mass is 9.93. The first-order valence-electron chi connectivity index (χ1n) is 7.45. The second kappa shape index (κ2) is 6.13. The first-order chi connectivity index (χ1) is 11.5. The van der Waals surface area contributed by atoms with Gasteiger partial charge in [-0.25, -0.2) is 0 Å². The van der Waals surface area contributed by atoms with Gasteiger partial charge in [-0.3, -0.25) is 9.59 Å². The average molecular weight is 343 g/mol. The Kier molecular flexibility index (Phi) is 4.15. The fraction of sp³-hybridized carbons (Fsp3) is 0.222. The third-order valence-electron chi connectivity index (χ3n) is 4.16. The number of hydrogen-bond donors (Lipinski definition) is 2. The minimum Gasteiger partial charge on any atom is -0.496 e. The molecule has 124 valence electrons. The van der Waals surface area contributed by atoms with E-state index in [1.165, 1.54) is 18.4 Å². The molecule has 0 spiro atoms. The Morgan fingerprint density at radius 1 is 1.29 bits per heavy atom.